The molecule has 0 unspecified atom stereocenters. The molecular formula is C22H26N2O3. The topological polar surface area (TPSA) is 50.8 Å². The molecule has 1 aliphatic rings. The summed E-state index contributed by atoms with van der Waals surface area (Å²) in [5, 5.41) is 2.98. The van der Waals surface area contributed by atoms with Crippen LogP contribution in [-0.4, -0.2) is 33.2 Å². The molecule has 1 heterocycles. The molecule has 5 nitrogen and oxygen atoms in total. The molecule has 142 valence electrons. The standard InChI is InChI=1S/C22H26N2O3/c1-26-20-11-9-17(15-21(20)27-2)10-12-22(25)23-16-18-7-3-4-8-19(18)24-13-5-6-14-24/h3-4,7-12,15H,5-6,13-14,16H2,1-2H3,(H,23,25). The van der Waals surface area contributed by atoms with E-state index in [-0.39, 0.29) is 5.91 Å². The number of hydrogen-bond donors (Lipinski definition) is 1. The number of carbonyl (C=O) groups is 1. The van der Waals surface area contributed by atoms with Gasteiger partial charge in [-0.05, 0) is 48.2 Å². The molecule has 0 bridgehead atoms. The number of nitrogens with one attached hydrogen (secondary N) is 1. The van der Waals surface area contributed by atoms with Gasteiger partial charge >= 0.3 is 0 Å². The third-order valence-electron chi connectivity index (χ3n) is 4.73. The fourth-order valence-corrected chi connectivity index (χ4v) is 3.30. The number of amides is 1. The summed E-state index contributed by atoms with van der Waals surface area (Å²) in [7, 11) is 3.19. The van der Waals surface area contributed by atoms with Crippen molar-refractivity contribution in [3.8, 4) is 11.5 Å². The highest BCUT2D eigenvalue weighted by atomic mass is 16.5. The lowest BCUT2D eigenvalue weighted by Gasteiger charge is -2.21. The first-order valence-corrected chi connectivity index (χ1v) is 9.22. The Bertz CT molecular complexity index is 811. The molecule has 0 atom stereocenters. The van der Waals surface area contributed by atoms with Crippen LogP contribution < -0.4 is 19.7 Å². The normalized spacial score (nSPS) is 13.8. The van der Waals surface area contributed by atoms with Crippen molar-refractivity contribution < 1.29 is 14.3 Å². The van der Waals surface area contributed by atoms with Gasteiger partial charge in [-0.15, -0.1) is 0 Å². The maximum Gasteiger partial charge on any atom is 0.244 e. The Labute approximate surface area is 160 Å². The molecule has 3 rings (SSSR count). The summed E-state index contributed by atoms with van der Waals surface area (Å²) in [5.74, 6) is 1.18. The van der Waals surface area contributed by atoms with E-state index in [1.165, 1.54) is 18.5 Å². The van der Waals surface area contributed by atoms with E-state index >= 15 is 0 Å². The third-order valence-corrected chi connectivity index (χ3v) is 4.73. The molecule has 0 aromatic heterocycles. The maximum absolute atomic E-state index is 12.2. The molecule has 1 fully saturated rings. The van der Waals surface area contributed by atoms with Crippen LogP contribution in [0.25, 0.3) is 6.08 Å². The summed E-state index contributed by atoms with van der Waals surface area (Å²) in [6.07, 6.45) is 5.77. The van der Waals surface area contributed by atoms with Crippen molar-refractivity contribution in [2.24, 2.45) is 0 Å². The molecule has 0 saturated carbocycles. The average Bonchev–Trinajstić information content (AvgIpc) is 3.25. The van der Waals surface area contributed by atoms with E-state index in [9.17, 15) is 4.79 Å². The van der Waals surface area contributed by atoms with Crippen molar-refractivity contribution in [2.75, 3.05) is 32.2 Å². The van der Waals surface area contributed by atoms with Gasteiger partial charge in [0.2, 0.25) is 5.91 Å². The van der Waals surface area contributed by atoms with E-state index in [0.29, 0.717) is 18.0 Å². The first kappa shape index (κ1) is 18.8. The number of anilines is 1. The van der Waals surface area contributed by atoms with Gasteiger partial charge in [0, 0.05) is 31.4 Å². The smallest absolute Gasteiger partial charge is 0.244 e. The summed E-state index contributed by atoms with van der Waals surface area (Å²) < 4.78 is 10.5. The van der Waals surface area contributed by atoms with Crippen LogP contribution in [0.15, 0.2) is 48.5 Å². The zero-order valence-corrected chi connectivity index (χ0v) is 15.9. The van der Waals surface area contributed by atoms with Gasteiger partial charge in [-0.25, -0.2) is 0 Å². The van der Waals surface area contributed by atoms with Crippen LogP contribution in [0, 0.1) is 0 Å². The van der Waals surface area contributed by atoms with Gasteiger partial charge in [0.1, 0.15) is 0 Å². The van der Waals surface area contributed by atoms with Crippen LogP contribution in [0.4, 0.5) is 5.69 Å². The van der Waals surface area contributed by atoms with Gasteiger partial charge in [0.05, 0.1) is 14.2 Å². The second-order valence-electron chi connectivity index (χ2n) is 6.49. The lowest BCUT2D eigenvalue weighted by molar-refractivity contribution is -0.116. The highest BCUT2D eigenvalue weighted by Gasteiger charge is 2.15. The molecule has 0 radical (unpaired) electrons. The maximum atomic E-state index is 12.2. The summed E-state index contributed by atoms with van der Waals surface area (Å²) in [6, 6.07) is 13.8. The Hall–Kier alpha value is -2.95. The molecule has 0 spiro atoms. The number of nitrogens with zero attached hydrogens (tertiary/aromatic N) is 1. The van der Waals surface area contributed by atoms with Crippen molar-refractivity contribution in [1.29, 1.82) is 0 Å². The largest absolute Gasteiger partial charge is 0.493 e. The number of hydrogen-bond acceptors (Lipinski definition) is 4. The summed E-state index contributed by atoms with van der Waals surface area (Å²) in [4.78, 5) is 14.6. The fourth-order valence-electron chi connectivity index (χ4n) is 3.30. The van der Waals surface area contributed by atoms with Gasteiger partial charge in [0.15, 0.2) is 11.5 Å². The van der Waals surface area contributed by atoms with Crippen molar-refractivity contribution >= 4 is 17.7 Å². The summed E-state index contributed by atoms with van der Waals surface area (Å²) in [6.45, 7) is 2.69. The van der Waals surface area contributed by atoms with Gasteiger partial charge < -0.3 is 19.7 Å². The Morgan fingerprint density at radius 3 is 2.56 bits per heavy atom. The number of carbonyl (C=O) groups excluding carboxylic acids is 1. The Morgan fingerprint density at radius 1 is 1.07 bits per heavy atom. The van der Waals surface area contributed by atoms with Crippen LogP contribution >= 0.6 is 0 Å². The van der Waals surface area contributed by atoms with Crippen LogP contribution in [0.5, 0.6) is 11.5 Å². The lowest BCUT2D eigenvalue weighted by atomic mass is 10.1. The predicted octanol–water partition coefficient (Wildman–Crippen LogP) is 3.63. The average molecular weight is 366 g/mol. The molecule has 2 aromatic rings. The zero-order chi connectivity index (χ0) is 19.1. The van der Waals surface area contributed by atoms with E-state index < -0.39 is 0 Å². The first-order chi connectivity index (χ1) is 13.2. The number of rotatable bonds is 7. The van der Waals surface area contributed by atoms with Crippen molar-refractivity contribution in [3.05, 3.63) is 59.7 Å². The molecule has 1 saturated heterocycles. The minimum atomic E-state index is -0.124. The van der Waals surface area contributed by atoms with Crippen LogP contribution in [0.3, 0.4) is 0 Å². The number of benzene rings is 2. The Morgan fingerprint density at radius 2 is 1.81 bits per heavy atom. The van der Waals surface area contributed by atoms with Crippen LogP contribution in [-0.2, 0) is 11.3 Å². The van der Waals surface area contributed by atoms with Crippen molar-refractivity contribution in [2.45, 2.75) is 19.4 Å². The lowest BCUT2D eigenvalue weighted by Crippen LogP contribution is -2.24. The molecule has 1 N–H and O–H groups in total. The fraction of sp³-hybridized carbons (Fsp3) is 0.318. The van der Waals surface area contributed by atoms with Crippen LogP contribution in [0.2, 0.25) is 0 Å². The predicted molar refractivity (Wildman–Crippen MR) is 108 cm³/mol. The van der Waals surface area contributed by atoms with E-state index in [1.807, 2.05) is 24.3 Å². The number of ether oxygens (including phenoxy) is 2. The Balaban J connectivity index is 1.61. The molecule has 2 aromatic carbocycles. The second kappa shape index (κ2) is 9.12. The van der Waals surface area contributed by atoms with E-state index in [2.05, 4.69) is 28.4 Å². The summed E-state index contributed by atoms with van der Waals surface area (Å²) >= 11 is 0. The van der Waals surface area contributed by atoms with Gasteiger partial charge in [0.25, 0.3) is 0 Å². The SMILES string of the molecule is COc1ccc(C=CC(=O)NCc2ccccc2N2CCCC2)cc1OC. The molecule has 27 heavy (non-hydrogen) atoms. The third kappa shape index (κ3) is 4.82. The first-order valence-electron chi connectivity index (χ1n) is 9.22. The minimum Gasteiger partial charge on any atom is -0.493 e. The molecule has 1 aliphatic heterocycles. The van der Waals surface area contributed by atoms with Crippen LogP contribution in [0.1, 0.15) is 24.0 Å². The van der Waals surface area contributed by atoms with E-state index in [4.69, 9.17) is 9.47 Å². The van der Waals surface area contributed by atoms with Gasteiger partial charge in [-0.1, -0.05) is 24.3 Å². The highest BCUT2D eigenvalue weighted by molar-refractivity contribution is 5.91. The molecule has 5 heteroatoms. The van der Waals surface area contributed by atoms with Gasteiger partial charge in [-0.3, -0.25) is 4.79 Å². The second-order valence-corrected chi connectivity index (χ2v) is 6.49. The van der Waals surface area contributed by atoms with E-state index in [0.717, 1.165) is 24.2 Å². The van der Waals surface area contributed by atoms with Gasteiger partial charge in [-0.2, -0.15) is 0 Å². The van der Waals surface area contributed by atoms with Crippen molar-refractivity contribution in [1.82, 2.24) is 5.32 Å². The minimum absolute atomic E-state index is 0.124. The number of para-hydroxylation sites is 1. The van der Waals surface area contributed by atoms with E-state index in [1.54, 1.807) is 26.4 Å². The molecule has 0 aliphatic carbocycles. The molecular weight excluding hydrogens is 340 g/mol. The zero-order valence-electron chi connectivity index (χ0n) is 15.9. The number of methoxy groups -OCH3 is 2. The highest BCUT2D eigenvalue weighted by Crippen LogP contribution is 2.28. The Kier molecular flexibility index (Phi) is 6.36. The molecule has 1 amide bonds. The summed E-state index contributed by atoms with van der Waals surface area (Å²) in [5.41, 5.74) is 3.24. The monoisotopic (exact) mass is 366 g/mol. The van der Waals surface area contributed by atoms with Crippen molar-refractivity contribution in [3.63, 3.8) is 0 Å². The quantitative estimate of drug-likeness (QED) is 0.760.